The lowest BCUT2D eigenvalue weighted by Gasteiger charge is -2.05. The van der Waals surface area contributed by atoms with Crippen LogP contribution in [0.4, 0.5) is 0 Å². The van der Waals surface area contributed by atoms with Crippen LogP contribution in [-0.2, 0) is 12.8 Å². The third-order valence-corrected chi connectivity index (χ3v) is 3.45. The van der Waals surface area contributed by atoms with Crippen LogP contribution in [0.3, 0.4) is 0 Å². The molecule has 3 rings (SSSR count). The van der Waals surface area contributed by atoms with E-state index in [1.807, 2.05) is 42.5 Å². The lowest BCUT2D eigenvalue weighted by molar-refractivity contribution is 0.0993. The molecule has 0 saturated carbocycles. The molecule has 1 aliphatic rings. The van der Waals surface area contributed by atoms with Gasteiger partial charge in [-0.15, -0.1) is 0 Å². The largest absolute Gasteiger partial charge is 0.294 e. The third kappa shape index (κ3) is 1.87. The van der Waals surface area contributed by atoms with E-state index in [1.54, 1.807) is 0 Å². The van der Waals surface area contributed by atoms with Gasteiger partial charge in [0.2, 0.25) is 0 Å². The molecule has 0 N–H and O–H groups in total. The minimum absolute atomic E-state index is 0.182. The van der Waals surface area contributed by atoms with Gasteiger partial charge in [-0.1, -0.05) is 41.9 Å². The van der Waals surface area contributed by atoms with E-state index < -0.39 is 0 Å². The number of carbonyl (C=O) groups excluding carboxylic acids is 1. The van der Waals surface area contributed by atoms with Crippen molar-refractivity contribution in [3.8, 4) is 0 Å². The second kappa shape index (κ2) is 4.01. The number of Topliss-reactive ketones (excluding diaryl/α,β-unsaturated/α-hetero) is 1. The summed E-state index contributed by atoms with van der Waals surface area (Å²) in [5, 5.41) is 0.697. The zero-order chi connectivity index (χ0) is 11.8. The van der Waals surface area contributed by atoms with E-state index >= 15 is 0 Å². The highest BCUT2D eigenvalue weighted by Crippen LogP contribution is 2.26. The van der Waals surface area contributed by atoms with Gasteiger partial charge in [0.05, 0.1) is 0 Å². The van der Waals surface area contributed by atoms with Gasteiger partial charge in [-0.25, -0.2) is 0 Å². The first-order chi connectivity index (χ1) is 8.24. The van der Waals surface area contributed by atoms with Gasteiger partial charge in [-0.2, -0.15) is 0 Å². The molecule has 0 heterocycles. The molecule has 0 spiro atoms. The normalized spacial score (nSPS) is 13.8. The summed E-state index contributed by atoms with van der Waals surface area (Å²) >= 11 is 5.98. The smallest absolute Gasteiger partial charge is 0.167 e. The first-order valence-corrected chi connectivity index (χ1v) is 6.00. The second-order valence-corrected chi connectivity index (χ2v) is 4.78. The molecule has 17 heavy (non-hydrogen) atoms. The zero-order valence-corrected chi connectivity index (χ0v) is 10.00. The first kappa shape index (κ1) is 10.5. The van der Waals surface area contributed by atoms with Crippen LogP contribution < -0.4 is 0 Å². The van der Waals surface area contributed by atoms with E-state index in [-0.39, 0.29) is 5.78 Å². The Morgan fingerprint density at radius 3 is 2.59 bits per heavy atom. The van der Waals surface area contributed by atoms with Crippen LogP contribution in [0.15, 0.2) is 42.5 Å². The maximum Gasteiger partial charge on any atom is 0.167 e. The molecule has 1 nitrogen and oxygen atoms in total. The SMILES string of the molecule is O=C1Cc2cc(Cl)ccc2Cc2ccccc21. The van der Waals surface area contributed by atoms with Crippen LogP contribution in [0.5, 0.6) is 0 Å². The molecule has 2 aromatic rings. The van der Waals surface area contributed by atoms with Crippen LogP contribution in [-0.4, -0.2) is 5.78 Å². The Hall–Kier alpha value is -1.60. The maximum atomic E-state index is 12.1. The number of carbonyl (C=O) groups is 1. The molecular formula is C15H11ClO. The van der Waals surface area contributed by atoms with Crippen molar-refractivity contribution in [1.29, 1.82) is 0 Å². The molecule has 0 amide bonds. The Kier molecular flexibility index (Phi) is 2.49. The van der Waals surface area contributed by atoms with Gasteiger partial charge in [0, 0.05) is 17.0 Å². The summed E-state index contributed by atoms with van der Waals surface area (Å²) in [7, 11) is 0. The Balaban J connectivity index is 2.17. The number of benzene rings is 2. The van der Waals surface area contributed by atoms with Crippen molar-refractivity contribution >= 4 is 17.4 Å². The number of ketones is 1. The molecule has 2 aromatic carbocycles. The molecule has 84 valence electrons. The van der Waals surface area contributed by atoms with E-state index in [1.165, 1.54) is 5.56 Å². The zero-order valence-electron chi connectivity index (χ0n) is 9.24. The fraction of sp³-hybridized carbons (Fsp3) is 0.133. The predicted molar refractivity (Wildman–Crippen MR) is 68.7 cm³/mol. The topological polar surface area (TPSA) is 17.1 Å². The van der Waals surface area contributed by atoms with Crippen molar-refractivity contribution in [3.05, 3.63) is 69.7 Å². The van der Waals surface area contributed by atoms with Gasteiger partial charge in [0.15, 0.2) is 5.78 Å². The van der Waals surface area contributed by atoms with Crippen molar-refractivity contribution in [2.24, 2.45) is 0 Å². The standard InChI is InChI=1S/C15H11ClO/c16-13-6-5-10-7-11-3-1-2-4-14(11)15(17)9-12(10)8-13/h1-6,8H,7,9H2. The average molecular weight is 243 g/mol. The van der Waals surface area contributed by atoms with Crippen molar-refractivity contribution in [2.45, 2.75) is 12.8 Å². The molecule has 0 aromatic heterocycles. The van der Waals surface area contributed by atoms with Gasteiger partial charge >= 0.3 is 0 Å². The molecule has 0 bridgehead atoms. The lowest BCUT2D eigenvalue weighted by Crippen LogP contribution is -2.03. The average Bonchev–Trinajstić information content (AvgIpc) is 2.46. The van der Waals surface area contributed by atoms with Gasteiger partial charge in [-0.3, -0.25) is 4.79 Å². The predicted octanol–water partition coefficient (Wildman–Crippen LogP) is 3.67. The number of halogens is 1. The minimum Gasteiger partial charge on any atom is -0.294 e. The molecular weight excluding hydrogens is 232 g/mol. The van der Waals surface area contributed by atoms with Crippen LogP contribution >= 0.6 is 11.6 Å². The second-order valence-electron chi connectivity index (χ2n) is 4.35. The number of fused-ring (bicyclic) bond motifs is 2. The highest BCUT2D eigenvalue weighted by atomic mass is 35.5. The fourth-order valence-corrected chi connectivity index (χ4v) is 2.55. The van der Waals surface area contributed by atoms with E-state index in [0.29, 0.717) is 11.4 Å². The summed E-state index contributed by atoms with van der Waals surface area (Å²) in [5.41, 5.74) is 4.21. The van der Waals surface area contributed by atoms with Crippen molar-refractivity contribution < 1.29 is 4.79 Å². The summed E-state index contributed by atoms with van der Waals surface area (Å²) in [4.78, 5) is 12.1. The minimum atomic E-state index is 0.182. The number of rotatable bonds is 0. The summed E-state index contributed by atoms with van der Waals surface area (Å²) in [6.07, 6.45) is 1.27. The molecule has 0 radical (unpaired) electrons. The summed E-state index contributed by atoms with van der Waals surface area (Å²) in [6.45, 7) is 0. The molecule has 0 saturated heterocycles. The van der Waals surface area contributed by atoms with Crippen molar-refractivity contribution in [3.63, 3.8) is 0 Å². The fourth-order valence-electron chi connectivity index (χ4n) is 2.35. The van der Waals surface area contributed by atoms with Gasteiger partial charge in [0.25, 0.3) is 0 Å². The summed E-state index contributed by atoms with van der Waals surface area (Å²) < 4.78 is 0. The molecule has 2 heteroatoms. The Morgan fingerprint density at radius 1 is 0.882 bits per heavy atom. The molecule has 1 aliphatic carbocycles. The number of hydrogen-bond donors (Lipinski definition) is 0. The van der Waals surface area contributed by atoms with Crippen LogP contribution in [0.1, 0.15) is 27.0 Å². The monoisotopic (exact) mass is 242 g/mol. The van der Waals surface area contributed by atoms with E-state index in [9.17, 15) is 4.79 Å². The van der Waals surface area contributed by atoms with E-state index in [2.05, 4.69) is 0 Å². The first-order valence-electron chi connectivity index (χ1n) is 5.62. The highest BCUT2D eigenvalue weighted by Gasteiger charge is 2.18. The third-order valence-electron chi connectivity index (χ3n) is 3.22. The van der Waals surface area contributed by atoms with Crippen LogP contribution in [0.2, 0.25) is 5.02 Å². The van der Waals surface area contributed by atoms with Gasteiger partial charge in [0.1, 0.15) is 0 Å². The lowest BCUT2D eigenvalue weighted by atomic mass is 10.0. The Bertz CT molecular complexity index is 602. The van der Waals surface area contributed by atoms with Crippen LogP contribution in [0, 0.1) is 0 Å². The van der Waals surface area contributed by atoms with Crippen LogP contribution in [0.25, 0.3) is 0 Å². The maximum absolute atomic E-state index is 12.1. The molecule has 0 aliphatic heterocycles. The Labute approximate surface area is 105 Å². The quantitative estimate of drug-likeness (QED) is 0.689. The van der Waals surface area contributed by atoms with Gasteiger partial charge in [-0.05, 0) is 35.2 Å². The Morgan fingerprint density at radius 2 is 1.71 bits per heavy atom. The number of hydrogen-bond acceptors (Lipinski definition) is 1. The van der Waals surface area contributed by atoms with E-state index in [0.717, 1.165) is 23.1 Å². The molecule has 0 fully saturated rings. The van der Waals surface area contributed by atoms with Gasteiger partial charge < -0.3 is 0 Å². The van der Waals surface area contributed by atoms with Crippen molar-refractivity contribution in [2.75, 3.05) is 0 Å². The van der Waals surface area contributed by atoms with E-state index in [4.69, 9.17) is 11.6 Å². The van der Waals surface area contributed by atoms with Crippen molar-refractivity contribution in [1.82, 2.24) is 0 Å². The molecule has 0 unspecified atom stereocenters. The summed E-state index contributed by atoms with van der Waals surface area (Å²) in [6, 6.07) is 13.6. The summed E-state index contributed by atoms with van der Waals surface area (Å²) in [5.74, 6) is 0.182. The highest BCUT2D eigenvalue weighted by molar-refractivity contribution is 6.30. The molecule has 0 atom stereocenters.